The van der Waals surface area contributed by atoms with Crippen molar-refractivity contribution in [3.05, 3.63) is 236 Å². The zero-order valence-corrected chi connectivity index (χ0v) is 72.7. The van der Waals surface area contributed by atoms with E-state index in [4.69, 9.17) is 38.1 Å². The first-order valence-corrected chi connectivity index (χ1v) is 43.9. The number of furan rings is 4. The van der Waals surface area contributed by atoms with Crippen LogP contribution in [0.3, 0.4) is 0 Å². The first-order chi connectivity index (χ1) is 58.6. The Labute approximate surface area is 702 Å². The van der Waals surface area contributed by atoms with Crippen molar-refractivity contribution in [2.75, 3.05) is 0 Å². The van der Waals surface area contributed by atoms with Gasteiger partial charge < -0.3 is 17.7 Å². The summed E-state index contributed by atoms with van der Waals surface area (Å²) in [6.07, 6.45) is 29.9. The summed E-state index contributed by atoms with van der Waals surface area (Å²) in [6.45, 7) is 26.0. The summed E-state index contributed by atoms with van der Waals surface area (Å²) in [5.41, 5.74) is 33.9. The molecule has 4 aromatic carbocycles. The van der Waals surface area contributed by atoms with Gasteiger partial charge in [-0.1, -0.05) is 141 Å². The molecule has 0 aliphatic heterocycles. The Morgan fingerprint density at radius 1 is 0.331 bits per heavy atom. The SMILES string of the molecule is CCc1ccc2c(n1)oc1c(-c3cc(C)c(C4CCCC4)c[n+]3C)c(C)ccc12.Cc1cc(-c2c(C)ccc3c2oc2nc(C(C)C)ccc23)[n+](C)cc1C1CCCC1.Cc1cc(-c2c(C)ccc3c2oc2nc(C(C)C)ccc23)[n+](C)cc1C1CCCC1.[2H]C([2H])([2H])c1c[n+](C)c(-c2c(C)ccc3c2oc2nc(CC)ccc23)cc1C1([2H])CCCC1. The van der Waals surface area contributed by atoms with Gasteiger partial charge in [0.25, 0.3) is 0 Å². The van der Waals surface area contributed by atoms with E-state index in [2.05, 4.69) is 251 Å². The number of fused-ring (bicyclic) bond motifs is 12. The van der Waals surface area contributed by atoms with Gasteiger partial charge in [-0.25, -0.2) is 38.2 Å². The molecule has 4 fully saturated rings. The van der Waals surface area contributed by atoms with Crippen molar-refractivity contribution in [1.29, 1.82) is 0 Å². The van der Waals surface area contributed by atoms with Crippen LogP contribution in [0.5, 0.6) is 0 Å². The minimum absolute atomic E-state index is 0.273. The second kappa shape index (κ2) is 32.9. The van der Waals surface area contributed by atoms with Gasteiger partial charge in [0.2, 0.25) is 45.6 Å². The molecule has 0 spiro atoms. The average molecular weight is 1570 g/mol. The number of rotatable bonds is 12. The van der Waals surface area contributed by atoms with Crippen molar-refractivity contribution < 1.29 is 41.4 Å². The predicted octanol–water partition coefficient (Wildman–Crippen LogP) is 26.4. The van der Waals surface area contributed by atoms with Gasteiger partial charge in [-0.3, -0.25) is 0 Å². The molecule has 0 radical (unpaired) electrons. The van der Waals surface area contributed by atoms with Crippen molar-refractivity contribution in [1.82, 2.24) is 19.9 Å². The molecule has 604 valence electrons. The van der Waals surface area contributed by atoms with E-state index in [9.17, 15) is 0 Å². The van der Waals surface area contributed by atoms with Crippen molar-refractivity contribution >= 4 is 88.3 Å². The van der Waals surface area contributed by atoms with Crippen LogP contribution in [0.25, 0.3) is 133 Å². The summed E-state index contributed by atoms with van der Waals surface area (Å²) in [5.74, 6) is 2.04. The van der Waals surface area contributed by atoms with Gasteiger partial charge in [-0.2, -0.15) is 0 Å². The van der Waals surface area contributed by atoms with Crippen LogP contribution in [0.4, 0.5) is 0 Å². The summed E-state index contributed by atoms with van der Waals surface area (Å²) in [7, 11) is 8.38. The van der Waals surface area contributed by atoms with Crippen molar-refractivity contribution in [3.8, 4) is 45.0 Å². The Hall–Kier alpha value is -10.7. The van der Waals surface area contributed by atoms with Gasteiger partial charge in [0.15, 0.2) is 47.1 Å². The number of aryl methyl sites for hydroxylation is 14. The normalized spacial score (nSPS) is 16.0. The van der Waals surface area contributed by atoms with Gasteiger partial charge >= 0.3 is 0 Å². The first kappa shape index (κ1) is 74.8. The number of hydrogen-bond donors (Lipinski definition) is 0. The maximum atomic E-state index is 9.13. The Bertz CT molecular complexity index is 6550. The zero-order valence-electron chi connectivity index (χ0n) is 76.7. The molecule has 12 nitrogen and oxygen atoms in total. The molecule has 0 N–H and O–H groups in total. The molecule has 16 aromatic rings. The zero-order chi connectivity index (χ0) is 85.6. The molecule has 12 heterocycles. The second-order valence-corrected chi connectivity index (χ2v) is 35.5. The van der Waals surface area contributed by atoms with E-state index < -0.39 is 12.7 Å². The quantitative estimate of drug-likeness (QED) is 0.111. The van der Waals surface area contributed by atoms with Gasteiger partial charge in [-0.15, -0.1) is 0 Å². The van der Waals surface area contributed by atoms with Crippen molar-refractivity contribution in [3.63, 3.8) is 0 Å². The van der Waals surface area contributed by atoms with Crippen LogP contribution in [0.15, 0.2) is 164 Å². The third-order valence-corrected chi connectivity index (χ3v) is 26.8. The molecule has 0 amide bonds. The third-order valence-electron chi connectivity index (χ3n) is 26.8. The lowest BCUT2D eigenvalue weighted by Gasteiger charge is -2.14. The smallest absolute Gasteiger partial charge is 0.227 e. The van der Waals surface area contributed by atoms with Gasteiger partial charge in [0.05, 0.1) is 22.3 Å². The van der Waals surface area contributed by atoms with E-state index in [0.29, 0.717) is 47.8 Å². The molecule has 118 heavy (non-hydrogen) atoms. The fraction of sp³-hybridized carbons (Fsp3) is 0.396. The highest BCUT2D eigenvalue weighted by atomic mass is 16.4. The molecule has 0 atom stereocenters. The Kier molecular flexibility index (Phi) is 20.8. The van der Waals surface area contributed by atoms with Crippen LogP contribution in [0.2, 0.25) is 0 Å². The number of nitrogens with zero attached hydrogens (tertiary/aromatic N) is 8. The predicted molar refractivity (Wildman–Crippen MR) is 482 cm³/mol. The van der Waals surface area contributed by atoms with E-state index in [1.165, 1.54) is 161 Å². The second-order valence-electron chi connectivity index (χ2n) is 35.5. The summed E-state index contributed by atoms with van der Waals surface area (Å²) < 4.78 is 67.8. The topological polar surface area (TPSA) is 120 Å². The van der Waals surface area contributed by atoms with E-state index in [1.807, 2.05) is 30.7 Å². The van der Waals surface area contributed by atoms with E-state index in [-0.39, 0.29) is 5.56 Å². The maximum absolute atomic E-state index is 9.13. The molecule has 0 unspecified atom stereocenters. The molecule has 20 rings (SSSR count). The summed E-state index contributed by atoms with van der Waals surface area (Å²) >= 11 is 0. The Morgan fingerprint density at radius 2 is 0.610 bits per heavy atom. The maximum Gasteiger partial charge on any atom is 0.227 e. The van der Waals surface area contributed by atoms with Gasteiger partial charge in [0, 0.05) is 118 Å². The average Bonchev–Trinajstić information content (AvgIpc) is 1.43. The van der Waals surface area contributed by atoms with Crippen LogP contribution in [-0.2, 0) is 41.0 Å². The molecule has 0 saturated heterocycles. The van der Waals surface area contributed by atoms with Crippen molar-refractivity contribution in [2.45, 2.75) is 248 Å². The number of aromatic nitrogens is 8. The summed E-state index contributed by atoms with van der Waals surface area (Å²) in [5, 5.41) is 8.68. The molecule has 12 heteroatoms. The molecular weight excluding hydrogens is 1450 g/mol. The lowest BCUT2D eigenvalue weighted by Crippen LogP contribution is -2.32. The van der Waals surface area contributed by atoms with Crippen LogP contribution in [0.1, 0.15) is 275 Å². The standard InChI is InChI=1S/2C27H31N2O.2C26H29N2O/c2*1-16(2)23-13-12-21-20-11-10-17(3)25(26(20)30-27(21)28-23)24-14-18(4)22(15-29(24)5)19-8-6-7-9-19;1-5-19-11-13-21-20-12-10-16(2)24(25(20)29-26(21)27-19)23-14-22(17(3)15-28(23)4)18-8-6-7-9-18;1-5-19-11-13-21-20-12-10-16(2)24(25(20)29-26(21)27-19)23-14-17(3)22(15-28(23)4)18-8-6-7-9-18/h2*10-16,19H,6-9H2,1-5H3;2*10-15,18H,5-9H2,1-4H3/q4*+1/i;;3D3,18D;. The van der Waals surface area contributed by atoms with Crippen LogP contribution < -0.4 is 18.3 Å². The number of hydrogen-bond acceptors (Lipinski definition) is 8. The van der Waals surface area contributed by atoms with Crippen LogP contribution in [-0.4, -0.2) is 19.9 Å². The summed E-state index contributed by atoms with van der Waals surface area (Å²) in [4.78, 5) is 19.0. The van der Waals surface area contributed by atoms with E-state index >= 15 is 0 Å². The highest BCUT2D eigenvalue weighted by molar-refractivity contribution is 6.12. The first-order valence-electron chi connectivity index (χ1n) is 45.9. The van der Waals surface area contributed by atoms with Gasteiger partial charge in [0.1, 0.15) is 28.2 Å². The molecule has 0 bridgehead atoms. The lowest BCUT2D eigenvalue weighted by molar-refractivity contribution is -0.661. The van der Waals surface area contributed by atoms with Gasteiger partial charge in [-0.05, 0) is 248 Å². The fourth-order valence-corrected chi connectivity index (χ4v) is 20.0. The lowest BCUT2D eigenvalue weighted by atomic mass is 9.91. The summed E-state index contributed by atoms with van der Waals surface area (Å²) in [6, 6.07) is 43.2. The van der Waals surface area contributed by atoms with Crippen LogP contribution >= 0.6 is 0 Å². The molecule has 12 aromatic heterocycles. The molecule has 4 aliphatic carbocycles. The van der Waals surface area contributed by atoms with E-state index in [1.54, 1.807) is 6.20 Å². The molecule has 4 aliphatic rings. The minimum Gasteiger partial charge on any atom is -0.437 e. The highest BCUT2D eigenvalue weighted by Crippen LogP contribution is 2.46. The monoisotopic (exact) mass is 1570 g/mol. The largest absolute Gasteiger partial charge is 0.437 e. The highest BCUT2D eigenvalue weighted by Gasteiger charge is 2.33. The minimum atomic E-state index is -2.27. The number of pyridine rings is 8. The Balaban J connectivity index is 0.000000116. The molecular formula is C106H120N8O4+4. The Morgan fingerprint density at radius 3 is 0.915 bits per heavy atom. The van der Waals surface area contributed by atoms with E-state index in [0.717, 1.165) is 154 Å². The number of benzene rings is 4. The third kappa shape index (κ3) is 14.9. The van der Waals surface area contributed by atoms with Crippen LogP contribution in [0, 0.1) is 55.3 Å². The molecule has 4 saturated carbocycles. The van der Waals surface area contributed by atoms with Crippen molar-refractivity contribution in [2.24, 2.45) is 28.2 Å². The fourth-order valence-electron chi connectivity index (χ4n) is 20.0.